The molecule has 0 aromatic heterocycles. The lowest BCUT2D eigenvalue weighted by Gasteiger charge is -2.38. The van der Waals surface area contributed by atoms with Crippen LogP contribution in [0.15, 0.2) is 18.2 Å². The van der Waals surface area contributed by atoms with E-state index in [2.05, 4.69) is 5.32 Å². The van der Waals surface area contributed by atoms with E-state index in [1.165, 1.54) is 19.2 Å². The van der Waals surface area contributed by atoms with Gasteiger partial charge in [-0.2, -0.15) is 0 Å². The van der Waals surface area contributed by atoms with Crippen molar-refractivity contribution < 1.29 is 19.4 Å². The number of benzene rings is 1. The highest BCUT2D eigenvalue weighted by molar-refractivity contribution is 6.00. The second-order valence-electron chi connectivity index (χ2n) is 4.65. The number of hydrogen-bond donors (Lipinski definition) is 3. The molecule has 0 heterocycles. The Labute approximate surface area is 110 Å². The van der Waals surface area contributed by atoms with E-state index in [-0.39, 0.29) is 5.56 Å². The average molecular weight is 264 g/mol. The van der Waals surface area contributed by atoms with E-state index in [0.29, 0.717) is 24.3 Å². The highest BCUT2D eigenvalue weighted by atomic mass is 16.5. The van der Waals surface area contributed by atoms with Crippen LogP contribution in [0.25, 0.3) is 0 Å². The molecule has 4 N–H and O–H groups in total. The van der Waals surface area contributed by atoms with Crippen LogP contribution in [0, 0.1) is 0 Å². The lowest BCUT2D eigenvalue weighted by molar-refractivity contribution is -0.148. The first kappa shape index (κ1) is 13.2. The lowest BCUT2D eigenvalue weighted by Crippen LogP contribution is -2.59. The fourth-order valence-corrected chi connectivity index (χ4v) is 2.10. The van der Waals surface area contributed by atoms with Gasteiger partial charge in [-0.3, -0.25) is 4.79 Å². The minimum Gasteiger partial charge on any atom is -0.496 e. The number of nitrogens with one attached hydrogen (secondary N) is 1. The first-order valence-electron chi connectivity index (χ1n) is 5.98. The second kappa shape index (κ2) is 4.79. The summed E-state index contributed by atoms with van der Waals surface area (Å²) < 4.78 is 5.09. The molecule has 1 fully saturated rings. The molecule has 2 rings (SSSR count). The summed E-state index contributed by atoms with van der Waals surface area (Å²) >= 11 is 0. The summed E-state index contributed by atoms with van der Waals surface area (Å²) in [6.07, 6.45) is 1.70. The molecule has 0 spiro atoms. The Balaban J connectivity index is 2.23. The van der Waals surface area contributed by atoms with Crippen LogP contribution in [-0.2, 0) is 4.79 Å². The number of anilines is 1. The molecule has 1 aromatic carbocycles. The van der Waals surface area contributed by atoms with Crippen LogP contribution in [-0.4, -0.2) is 29.6 Å². The first-order valence-corrected chi connectivity index (χ1v) is 5.98. The van der Waals surface area contributed by atoms with Crippen LogP contribution in [0.3, 0.4) is 0 Å². The van der Waals surface area contributed by atoms with Gasteiger partial charge in [-0.15, -0.1) is 0 Å². The van der Waals surface area contributed by atoms with Gasteiger partial charge in [0, 0.05) is 11.8 Å². The molecule has 0 radical (unpaired) electrons. The molecule has 0 saturated heterocycles. The summed E-state index contributed by atoms with van der Waals surface area (Å²) in [5.41, 5.74) is 5.23. The number of rotatable bonds is 4. The minimum absolute atomic E-state index is 0.282. The molecule has 1 saturated carbocycles. The fourth-order valence-electron chi connectivity index (χ4n) is 2.10. The Morgan fingerprint density at radius 3 is 2.58 bits per heavy atom. The van der Waals surface area contributed by atoms with Crippen molar-refractivity contribution in [3.05, 3.63) is 23.8 Å². The third-order valence-electron chi connectivity index (χ3n) is 3.44. The quantitative estimate of drug-likeness (QED) is 0.704. The Bertz CT molecular complexity index is 523. The monoisotopic (exact) mass is 264 g/mol. The van der Waals surface area contributed by atoms with Crippen LogP contribution in [0.2, 0.25) is 0 Å². The number of ether oxygens (including phenoxy) is 1. The number of aliphatic carboxylic acids is 1. The Kier molecular flexibility index (Phi) is 3.33. The molecule has 0 unspecified atom stereocenters. The average Bonchev–Trinajstić information content (AvgIpc) is 2.32. The van der Waals surface area contributed by atoms with Gasteiger partial charge in [0.25, 0.3) is 5.91 Å². The Morgan fingerprint density at radius 1 is 1.42 bits per heavy atom. The molecule has 0 bridgehead atoms. The van der Waals surface area contributed by atoms with E-state index in [1.807, 2.05) is 0 Å². The van der Waals surface area contributed by atoms with Crippen molar-refractivity contribution in [2.24, 2.45) is 0 Å². The van der Waals surface area contributed by atoms with Gasteiger partial charge >= 0.3 is 5.97 Å². The zero-order valence-electron chi connectivity index (χ0n) is 10.6. The maximum atomic E-state index is 12.2. The van der Waals surface area contributed by atoms with Gasteiger partial charge in [0.05, 0.1) is 12.7 Å². The largest absolute Gasteiger partial charge is 0.496 e. The molecule has 0 atom stereocenters. The zero-order chi connectivity index (χ0) is 14.0. The Morgan fingerprint density at radius 2 is 2.11 bits per heavy atom. The van der Waals surface area contributed by atoms with Gasteiger partial charge in [0.15, 0.2) is 0 Å². The van der Waals surface area contributed by atoms with E-state index in [9.17, 15) is 14.7 Å². The SMILES string of the molecule is COc1cc(N)ccc1C(=O)NC1(C(=O)O)CCC1. The standard InChI is InChI=1S/C13H16N2O4/c1-19-10-7-8(14)3-4-9(10)11(16)15-13(12(17)18)5-2-6-13/h3-4,7H,2,5-6,14H2,1H3,(H,15,16)(H,17,18). The van der Waals surface area contributed by atoms with Gasteiger partial charge in [-0.05, 0) is 31.4 Å². The molecule has 1 amide bonds. The number of carbonyl (C=O) groups is 2. The van der Waals surface area contributed by atoms with Crippen molar-refractivity contribution in [2.45, 2.75) is 24.8 Å². The summed E-state index contributed by atoms with van der Waals surface area (Å²) in [4.78, 5) is 23.4. The summed E-state index contributed by atoms with van der Waals surface area (Å²) in [6.45, 7) is 0. The normalized spacial score (nSPS) is 16.3. The summed E-state index contributed by atoms with van der Waals surface area (Å²) in [5.74, 6) is -1.13. The summed E-state index contributed by atoms with van der Waals surface area (Å²) in [6, 6.07) is 4.63. The van der Waals surface area contributed by atoms with Crippen molar-refractivity contribution in [3.8, 4) is 5.75 Å². The topological polar surface area (TPSA) is 102 Å². The van der Waals surface area contributed by atoms with E-state index < -0.39 is 17.4 Å². The Hall–Kier alpha value is -2.24. The molecule has 19 heavy (non-hydrogen) atoms. The zero-order valence-corrected chi connectivity index (χ0v) is 10.6. The van der Waals surface area contributed by atoms with Crippen molar-refractivity contribution >= 4 is 17.6 Å². The summed E-state index contributed by atoms with van der Waals surface area (Å²) in [5, 5.41) is 11.8. The van der Waals surface area contributed by atoms with Crippen LogP contribution in [0.1, 0.15) is 29.6 Å². The van der Waals surface area contributed by atoms with Crippen molar-refractivity contribution in [2.75, 3.05) is 12.8 Å². The third kappa shape index (κ3) is 2.33. The molecule has 6 nitrogen and oxygen atoms in total. The molecule has 1 aliphatic rings. The molecule has 102 valence electrons. The molecule has 1 aliphatic carbocycles. The molecule has 6 heteroatoms. The van der Waals surface area contributed by atoms with Crippen molar-refractivity contribution in [3.63, 3.8) is 0 Å². The van der Waals surface area contributed by atoms with Crippen molar-refractivity contribution in [1.82, 2.24) is 5.32 Å². The number of hydrogen-bond acceptors (Lipinski definition) is 4. The van der Waals surface area contributed by atoms with Crippen LogP contribution >= 0.6 is 0 Å². The van der Waals surface area contributed by atoms with E-state index in [0.717, 1.165) is 6.42 Å². The van der Waals surface area contributed by atoms with Gasteiger partial charge in [-0.1, -0.05) is 0 Å². The number of methoxy groups -OCH3 is 1. The lowest BCUT2D eigenvalue weighted by atomic mass is 9.76. The second-order valence-corrected chi connectivity index (χ2v) is 4.65. The predicted molar refractivity (Wildman–Crippen MR) is 69.1 cm³/mol. The fraction of sp³-hybridized carbons (Fsp3) is 0.385. The smallest absolute Gasteiger partial charge is 0.329 e. The third-order valence-corrected chi connectivity index (χ3v) is 3.44. The highest BCUT2D eigenvalue weighted by Crippen LogP contribution is 2.33. The van der Waals surface area contributed by atoms with E-state index in [4.69, 9.17) is 10.5 Å². The first-order chi connectivity index (χ1) is 8.98. The van der Waals surface area contributed by atoms with E-state index in [1.54, 1.807) is 6.07 Å². The van der Waals surface area contributed by atoms with Gasteiger partial charge in [0.1, 0.15) is 11.3 Å². The summed E-state index contributed by atoms with van der Waals surface area (Å²) in [7, 11) is 1.43. The predicted octanol–water partition coefficient (Wildman–Crippen LogP) is 1.01. The van der Waals surface area contributed by atoms with Crippen LogP contribution in [0.5, 0.6) is 5.75 Å². The number of nitrogens with two attached hydrogens (primary N) is 1. The number of carbonyl (C=O) groups excluding carboxylic acids is 1. The number of carboxylic acids is 1. The number of carboxylic acid groups (broad SMARTS) is 1. The molecular weight excluding hydrogens is 248 g/mol. The number of amides is 1. The molecular formula is C13H16N2O4. The van der Waals surface area contributed by atoms with E-state index >= 15 is 0 Å². The molecule has 0 aliphatic heterocycles. The van der Waals surface area contributed by atoms with Gasteiger partial charge < -0.3 is 20.9 Å². The van der Waals surface area contributed by atoms with Gasteiger partial charge in [-0.25, -0.2) is 4.79 Å². The molecule has 1 aromatic rings. The highest BCUT2D eigenvalue weighted by Gasteiger charge is 2.46. The van der Waals surface area contributed by atoms with Crippen LogP contribution < -0.4 is 15.8 Å². The van der Waals surface area contributed by atoms with Gasteiger partial charge in [0.2, 0.25) is 0 Å². The van der Waals surface area contributed by atoms with Crippen molar-refractivity contribution in [1.29, 1.82) is 0 Å². The minimum atomic E-state index is -1.14. The maximum Gasteiger partial charge on any atom is 0.329 e. The number of nitrogen functional groups attached to an aromatic ring is 1. The van der Waals surface area contributed by atoms with Crippen LogP contribution in [0.4, 0.5) is 5.69 Å². The maximum absolute atomic E-state index is 12.2.